The number of nitrogens with two attached hydrogens (primary N) is 1. The minimum Gasteiger partial charge on any atom is -0.477 e. The molecule has 2 aliphatic carbocycles. The Morgan fingerprint density at radius 1 is 1.29 bits per heavy atom. The van der Waals surface area contributed by atoms with Crippen molar-refractivity contribution < 1.29 is 14.3 Å². The van der Waals surface area contributed by atoms with E-state index in [1.807, 2.05) is 24.0 Å². The Bertz CT molecular complexity index is 1090. The number of aryl methyl sites for hydroxylation is 1. The van der Waals surface area contributed by atoms with E-state index in [0.29, 0.717) is 44.0 Å². The van der Waals surface area contributed by atoms with E-state index in [1.165, 1.54) is 6.33 Å². The lowest BCUT2D eigenvalue weighted by Gasteiger charge is -2.35. The average molecular weight is 480 g/mol. The summed E-state index contributed by atoms with van der Waals surface area (Å²) in [6, 6.07) is 1.95. The molecule has 0 radical (unpaired) electrons. The second-order valence-electron chi connectivity index (χ2n) is 9.80. The predicted molar refractivity (Wildman–Crippen MR) is 129 cm³/mol. The zero-order valence-electron chi connectivity index (χ0n) is 20.2. The lowest BCUT2D eigenvalue weighted by atomic mass is 9.86. The fourth-order valence-corrected chi connectivity index (χ4v) is 5.25. The molecule has 0 bridgehead atoms. The molecule has 1 saturated carbocycles. The van der Waals surface area contributed by atoms with Crippen molar-refractivity contribution in [2.45, 2.75) is 51.0 Å². The molecule has 2 fully saturated rings. The van der Waals surface area contributed by atoms with E-state index in [9.17, 15) is 4.79 Å². The van der Waals surface area contributed by atoms with Gasteiger partial charge in [-0.2, -0.15) is 4.68 Å². The first-order chi connectivity index (χ1) is 17.0. The van der Waals surface area contributed by atoms with Gasteiger partial charge in [0.05, 0.1) is 18.5 Å². The molecule has 0 unspecified atom stereocenters. The van der Waals surface area contributed by atoms with E-state index in [2.05, 4.69) is 32.7 Å². The van der Waals surface area contributed by atoms with Crippen molar-refractivity contribution >= 4 is 6.09 Å². The van der Waals surface area contributed by atoms with Gasteiger partial charge in [0.25, 0.3) is 0 Å². The van der Waals surface area contributed by atoms with Gasteiger partial charge in [-0.1, -0.05) is 18.2 Å². The first-order valence-corrected chi connectivity index (χ1v) is 12.4. The van der Waals surface area contributed by atoms with Crippen molar-refractivity contribution in [2.75, 3.05) is 26.3 Å². The van der Waals surface area contributed by atoms with Crippen LogP contribution in [0.2, 0.25) is 0 Å². The van der Waals surface area contributed by atoms with Crippen LogP contribution in [0.3, 0.4) is 0 Å². The fourth-order valence-electron chi connectivity index (χ4n) is 5.25. The van der Waals surface area contributed by atoms with E-state index in [0.717, 1.165) is 55.3 Å². The van der Waals surface area contributed by atoms with Crippen LogP contribution >= 0.6 is 0 Å². The molecule has 3 aliphatic rings. The number of amides is 1. The Morgan fingerprint density at radius 2 is 2.14 bits per heavy atom. The highest BCUT2D eigenvalue weighted by molar-refractivity contribution is 5.68. The summed E-state index contributed by atoms with van der Waals surface area (Å²) >= 11 is 0. The predicted octanol–water partition coefficient (Wildman–Crippen LogP) is 2.98. The zero-order chi connectivity index (χ0) is 24.3. The SMILES string of the molecule is Cc1cc(-n2cnnn2)cnc1OCC[C@@H]1C[C@]1(N)C1CCN(C(=O)OCC2=CCCC=C2)CC1. The van der Waals surface area contributed by atoms with Gasteiger partial charge in [0.1, 0.15) is 12.9 Å². The highest BCUT2D eigenvalue weighted by atomic mass is 16.6. The molecule has 186 valence electrons. The summed E-state index contributed by atoms with van der Waals surface area (Å²) in [5, 5.41) is 11.2. The van der Waals surface area contributed by atoms with Gasteiger partial charge in [-0.25, -0.2) is 9.78 Å². The number of carbonyl (C=O) groups excluding carboxylic acids is 1. The van der Waals surface area contributed by atoms with Gasteiger partial charge in [-0.15, -0.1) is 5.10 Å². The van der Waals surface area contributed by atoms with Crippen LogP contribution in [-0.4, -0.2) is 68.0 Å². The molecular formula is C25H33N7O3. The lowest BCUT2D eigenvalue weighted by molar-refractivity contribution is 0.0892. The number of hydrogen-bond donors (Lipinski definition) is 1. The van der Waals surface area contributed by atoms with Crippen LogP contribution in [0, 0.1) is 18.8 Å². The highest BCUT2D eigenvalue weighted by Crippen LogP contribution is 2.51. The Morgan fingerprint density at radius 3 is 2.86 bits per heavy atom. The molecule has 0 aromatic carbocycles. The largest absolute Gasteiger partial charge is 0.477 e. The van der Waals surface area contributed by atoms with Crippen molar-refractivity contribution in [3.63, 3.8) is 0 Å². The molecule has 10 heteroatoms. The molecule has 1 saturated heterocycles. The number of rotatable bonds is 8. The van der Waals surface area contributed by atoms with E-state index in [1.54, 1.807) is 10.9 Å². The van der Waals surface area contributed by atoms with Crippen LogP contribution in [0.1, 0.15) is 44.1 Å². The number of tetrazole rings is 1. The van der Waals surface area contributed by atoms with Gasteiger partial charge in [0.15, 0.2) is 0 Å². The second kappa shape index (κ2) is 10.2. The molecule has 10 nitrogen and oxygen atoms in total. The fraction of sp³-hybridized carbons (Fsp3) is 0.560. The molecule has 0 spiro atoms. The van der Waals surface area contributed by atoms with Gasteiger partial charge in [-0.05, 0) is 79.4 Å². The quantitative estimate of drug-likeness (QED) is 0.613. The first-order valence-electron chi connectivity index (χ1n) is 12.4. The monoisotopic (exact) mass is 479 g/mol. The number of pyridine rings is 1. The van der Waals surface area contributed by atoms with Crippen LogP contribution in [0.4, 0.5) is 4.79 Å². The maximum absolute atomic E-state index is 12.5. The highest BCUT2D eigenvalue weighted by Gasteiger charge is 2.55. The number of carbonyl (C=O) groups is 1. The maximum Gasteiger partial charge on any atom is 0.410 e. The van der Waals surface area contributed by atoms with Gasteiger partial charge in [0.2, 0.25) is 5.88 Å². The molecule has 2 N–H and O–H groups in total. The van der Waals surface area contributed by atoms with E-state index >= 15 is 0 Å². The lowest BCUT2D eigenvalue weighted by Crippen LogP contribution is -2.45. The number of hydrogen-bond acceptors (Lipinski definition) is 8. The molecule has 2 aromatic rings. The summed E-state index contributed by atoms with van der Waals surface area (Å²) in [4.78, 5) is 18.7. The third-order valence-electron chi connectivity index (χ3n) is 7.48. The number of aromatic nitrogens is 5. The van der Waals surface area contributed by atoms with Crippen molar-refractivity contribution in [2.24, 2.45) is 17.6 Å². The Labute approximate surface area is 205 Å². The number of ether oxygens (including phenoxy) is 2. The first kappa shape index (κ1) is 23.5. The Balaban J connectivity index is 1.03. The number of allylic oxidation sites excluding steroid dienone is 2. The van der Waals surface area contributed by atoms with Crippen LogP contribution < -0.4 is 10.5 Å². The smallest absolute Gasteiger partial charge is 0.410 e. The van der Waals surface area contributed by atoms with E-state index < -0.39 is 0 Å². The molecule has 5 rings (SSSR count). The van der Waals surface area contributed by atoms with Gasteiger partial charge in [0, 0.05) is 24.2 Å². The van der Waals surface area contributed by atoms with Gasteiger partial charge >= 0.3 is 6.09 Å². The van der Waals surface area contributed by atoms with E-state index in [-0.39, 0.29) is 11.6 Å². The Hall–Kier alpha value is -3.27. The summed E-state index contributed by atoms with van der Waals surface area (Å²) in [5.41, 5.74) is 9.44. The summed E-state index contributed by atoms with van der Waals surface area (Å²) < 4.78 is 13.0. The van der Waals surface area contributed by atoms with Crippen molar-refractivity contribution in [3.8, 4) is 11.6 Å². The molecule has 2 aromatic heterocycles. The normalized spacial score (nSPS) is 24.2. The van der Waals surface area contributed by atoms with Gasteiger partial charge in [-0.3, -0.25) is 0 Å². The minimum absolute atomic E-state index is 0.149. The second-order valence-corrected chi connectivity index (χ2v) is 9.80. The summed E-state index contributed by atoms with van der Waals surface area (Å²) in [6.45, 7) is 4.31. The number of piperidine rings is 1. The summed E-state index contributed by atoms with van der Waals surface area (Å²) in [7, 11) is 0. The average Bonchev–Trinajstić information content (AvgIpc) is 3.27. The summed E-state index contributed by atoms with van der Waals surface area (Å²) in [6.07, 6.45) is 15.1. The minimum atomic E-state index is -0.218. The third-order valence-corrected chi connectivity index (χ3v) is 7.48. The standard InChI is InChI=1S/C25H33N7O3/c1-18-13-22(32-17-28-29-30-32)15-27-23(18)34-12-9-21-14-25(21,26)20-7-10-31(11-8-20)24(33)35-16-19-5-3-2-4-6-19/h3,5-6,13,15,17,20-21H,2,4,7-12,14,16,26H2,1H3/t21-,25+/m1/s1. The zero-order valence-corrected chi connectivity index (χ0v) is 20.2. The molecular weight excluding hydrogens is 446 g/mol. The molecule has 3 heterocycles. The van der Waals surface area contributed by atoms with Crippen LogP contribution in [0.15, 0.2) is 42.4 Å². The van der Waals surface area contributed by atoms with Crippen molar-refractivity contribution in [1.82, 2.24) is 30.1 Å². The Kier molecular flexibility index (Phi) is 6.81. The molecule has 1 aliphatic heterocycles. The third kappa shape index (κ3) is 5.37. The topological polar surface area (TPSA) is 121 Å². The summed E-state index contributed by atoms with van der Waals surface area (Å²) in [5.74, 6) is 1.49. The van der Waals surface area contributed by atoms with E-state index in [4.69, 9.17) is 15.2 Å². The van der Waals surface area contributed by atoms with Gasteiger partial charge < -0.3 is 20.1 Å². The number of nitrogens with zero attached hydrogens (tertiary/aromatic N) is 6. The van der Waals surface area contributed by atoms with Crippen molar-refractivity contribution in [1.29, 1.82) is 0 Å². The van der Waals surface area contributed by atoms with Crippen LogP contribution in [0.25, 0.3) is 5.69 Å². The molecule has 2 atom stereocenters. The van der Waals surface area contributed by atoms with Crippen LogP contribution in [-0.2, 0) is 4.74 Å². The van der Waals surface area contributed by atoms with Crippen LogP contribution in [0.5, 0.6) is 5.88 Å². The van der Waals surface area contributed by atoms with Crippen molar-refractivity contribution in [3.05, 3.63) is 48.0 Å². The number of likely N-dealkylation sites (tertiary alicyclic amines) is 1. The molecule has 1 amide bonds. The maximum atomic E-state index is 12.5. The molecule has 35 heavy (non-hydrogen) atoms.